The van der Waals surface area contributed by atoms with Crippen LogP contribution in [0.25, 0.3) is 0 Å². The lowest BCUT2D eigenvalue weighted by Crippen LogP contribution is -2.05. The van der Waals surface area contributed by atoms with E-state index in [-0.39, 0.29) is 45.1 Å². The number of hydrogen-bond donors (Lipinski definition) is 1. The highest BCUT2D eigenvalue weighted by molar-refractivity contribution is 9.08. The molecule has 0 amide bonds. The van der Waals surface area contributed by atoms with E-state index in [0.717, 1.165) is 42.0 Å². The predicted molar refractivity (Wildman–Crippen MR) is 164 cm³/mol. The highest BCUT2D eigenvalue weighted by Crippen LogP contribution is 2.35. The van der Waals surface area contributed by atoms with E-state index in [4.69, 9.17) is 33.0 Å². The Balaban J connectivity index is 0.000000270. The molecule has 0 unspecified atom stereocenters. The molecule has 0 aromatic heterocycles. The lowest BCUT2D eigenvalue weighted by molar-refractivity contribution is -0.138. The maximum atomic E-state index is 13.4. The van der Waals surface area contributed by atoms with Crippen molar-refractivity contribution in [1.82, 2.24) is 0 Å². The third kappa shape index (κ3) is 12.1. The summed E-state index contributed by atoms with van der Waals surface area (Å²) in [5, 5.41) is 8.96. The third-order valence-electron chi connectivity index (χ3n) is 5.90. The van der Waals surface area contributed by atoms with Crippen LogP contribution in [0.2, 0.25) is 10.0 Å². The van der Waals surface area contributed by atoms with Crippen LogP contribution in [0.15, 0.2) is 72.8 Å². The van der Waals surface area contributed by atoms with Gasteiger partial charge in [-0.25, -0.2) is 8.78 Å². The Hall–Kier alpha value is -3.68. The van der Waals surface area contributed by atoms with Crippen LogP contribution < -0.4 is 4.74 Å². The number of ether oxygens (including phenoxy) is 1. The summed E-state index contributed by atoms with van der Waals surface area (Å²) in [6.45, 7) is 2.53. The van der Waals surface area contributed by atoms with Gasteiger partial charge in [0, 0.05) is 5.33 Å². The van der Waals surface area contributed by atoms with E-state index in [2.05, 4.69) is 15.9 Å². The summed E-state index contributed by atoms with van der Waals surface area (Å²) in [4.78, 5) is 22.1. The summed E-state index contributed by atoms with van der Waals surface area (Å²) >= 11 is 14.3. The van der Waals surface area contributed by atoms with Crippen molar-refractivity contribution in [2.75, 3.05) is 0 Å². The first-order chi connectivity index (χ1) is 21.7. The molecule has 0 radical (unpaired) electrons. The molecule has 0 saturated carbocycles. The molecule has 47 heavy (non-hydrogen) atoms. The summed E-state index contributed by atoms with van der Waals surface area (Å²) < 4.78 is 105. The number of ketones is 2. The monoisotopic (exact) mass is 772 g/mol. The van der Waals surface area contributed by atoms with Gasteiger partial charge in [0.15, 0.2) is 11.6 Å². The van der Waals surface area contributed by atoms with Crippen LogP contribution >= 0.6 is 39.1 Å². The quantitative estimate of drug-likeness (QED) is 0.120. The van der Waals surface area contributed by atoms with Gasteiger partial charge in [0.1, 0.15) is 29.7 Å². The molecule has 0 atom stereocenters. The van der Waals surface area contributed by atoms with Crippen molar-refractivity contribution in [2.45, 2.75) is 38.1 Å². The number of phenols is 1. The second-order valence-corrected chi connectivity index (χ2v) is 10.8. The Labute approximate surface area is 282 Å². The van der Waals surface area contributed by atoms with Crippen LogP contribution in [-0.2, 0) is 24.3 Å². The average Bonchev–Trinajstić information content (AvgIpc) is 2.98. The fourth-order valence-electron chi connectivity index (χ4n) is 3.50. The van der Waals surface area contributed by atoms with Crippen molar-refractivity contribution < 1.29 is 54.6 Å². The number of carbonyl (C=O) groups is 2. The van der Waals surface area contributed by atoms with Crippen molar-refractivity contribution in [1.29, 1.82) is 0 Å². The number of carbonyl (C=O) groups excluding carboxylic acids is 2. The predicted octanol–water partition coefficient (Wildman–Crippen LogP) is 11.3. The molecular weight excluding hydrogens is 751 g/mol. The molecular formula is C32H23BrCl2F8O4. The normalized spacial score (nSPS) is 11.1. The first-order valence-electron chi connectivity index (χ1n) is 12.9. The van der Waals surface area contributed by atoms with Gasteiger partial charge in [-0.2, -0.15) is 26.3 Å². The highest BCUT2D eigenvalue weighted by atomic mass is 79.9. The van der Waals surface area contributed by atoms with Crippen LogP contribution in [0.5, 0.6) is 11.5 Å². The van der Waals surface area contributed by atoms with E-state index in [1.165, 1.54) is 32.0 Å². The van der Waals surface area contributed by atoms with Crippen molar-refractivity contribution in [3.05, 3.63) is 128 Å². The number of Topliss-reactive ketones (excluding diaryl/α,β-unsaturated/α-hetero) is 2. The molecule has 0 fully saturated rings. The van der Waals surface area contributed by atoms with Gasteiger partial charge in [-0.15, -0.1) is 0 Å². The smallest absolute Gasteiger partial charge is 0.416 e. The molecule has 0 aliphatic heterocycles. The maximum Gasteiger partial charge on any atom is 0.416 e. The second kappa shape index (κ2) is 16.9. The summed E-state index contributed by atoms with van der Waals surface area (Å²) in [7, 11) is 0. The average molecular weight is 774 g/mol. The van der Waals surface area contributed by atoms with E-state index in [9.17, 15) is 44.7 Å². The lowest BCUT2D eigenvalue weighted by atomic mass is 10.1. The number of benzene rings is 4. The van der Waals surface area contributed by atoms with Gasteiger partial charge in [0.2, 0.25) is 0 Å². The molecule has 4 aromatic carbocycles. The molecule has 1 N–H and O–H groups in total. The van der Waals surface area contributed by atoms with Gasteiger partial charge in [-0.05, 0) is 85.6 Å². The van der Waals surface area contributed by atoms with E-state index >= 15 is 0 Å². The first kappa shape index (κ1) is 39.5. The van der Waals surface area contributed by atoms with E-state index in [1.807, 2.05) is 0 Å². The molecule has 4 rings (SSSR count). The van der Waals surface area contributed by atoms with Gasteiger partial charge < -0.3 is 9.84 Å². The molecule has 0 saturated heterocycles. The minimum Gasteiger partial charge on any atom is -0.506 e. The van der Waals surface area contributed by atoms with Gasteiger partial charge in [-0.3, -0.25) is 9.59 Å². The largest absolute Gasteiger partial charge is 0.506 e. The fraction of sp³-hybridized carbons (Fsp3) is 0.188. The Morgan fingerprint density at radius 1 is 0.702 bits per heavy atom. The summed E-state index contributed by atoms with van der Waals surface area (Å²) in [6.07, 6.45) is -8.91. The Morgan fingerprint density at radius 3 is 1.57 bits per heavy atom. The van der Waals surface area contributed by atoms with Crippen molar-refractivity contribution in [2.24, 2.45) is 0 Å². The standard InChI is InChI=1S/C16H11ClF4O2.C9H8BrFO.C7H4ClF3O/c1-9(22)12-6-10(2-4-14(12)18)8-23-15-5-3-11(7-13(15)17)16(19,20)21;1-6(12)8-4-7(5-10)2-3-9(8)11;8-5-3-4(7(9,10)11)1-2-6(5)12/h2-7H,8H2,1H3;2-4H,5H2,1H3;1-3,12H. The summed E-state index contributed by atoms with van der Waals surface area (Å²) in [5.41, 5.74) is -0.272. The Bertz CT molecular complexity index is 1730. The van der Waals surface area contributed by atoms with Crippen LogP contribution in [0.4, 0.5) is 35.1 Å². The molecule has 0 bridgehead atoms. The third-order valence-corrected chi connectivity index (χ3v) is 7.15. The number of alkyl halides is 7. The van der Waals surface area contributed by atoms with Gasteiger partial charge in [-0.1, -0.05) is 51.3 Å². The number of rotatable bonds is 6. The molecule has 4 aromatic rings. The van der Waals surface area contributed by atoms with Gasteiger partial charge in [0.05, 0.1) is 32.3 Å². The number of hydrogen-bond acceptors (Lipinski definition) is 4. The lowest BCUT2D eigenvalue weighted by Gasteiger charge is -2.12. The van der Waals surface area contributed by atoms with E-state index < -0.39 is 40.9 Å². The topological polar surface area (TPSA) is 63.6 Å². The summed E-state index contributed by atoms with van der Waals surface area (Å²) in [6, 6.07) is 13.5. The van der Waals surface area contributed by atoms with Crippen LogP contribution in [-0.4, -0.2) is 16.7 Å². The second-order valence-electron chi connectivity index (χ2n) is 9.47. The van der Waals surface area contributed by atoms with E-state index in [0.29, 0.717) is 17.0 Å². The van der Waals surface area contributed by atoms with Crippen molar-refractivity contribution >= 4 is 50.7 Å². The van der Waals surface area contributed by atoms with Crippen LogP contribution in [0.1, 0.15) is 56.8 Å². The first-order valence-corrected chi connectivity index (χ1v) is 14.8. The van der Waals surface area contributed by atoms with Crippen LogP contribution in [0.3, 0.4) is 0 Å². The molecule has 0 aliphatic rings. The highest BCUT2D eigenvalue weighted by Gasteiger charge is 2.31. The molecule has 0 heterocycles. The number of halogens is 11. The SMILES string of the molecule is CC(=O)c1cc(CBr)ccc1F.CC(=O)c1cc(COc2ccc(C(F)(F)F)cc2Cl)ccc1F.Oc1ccc(C(F)(F)F)cc1Cl. The maximum absolute atomic E-state index is 13.4. The molecule has 15 heteroatoms. The Morgan fingerprint density at radius 2 is 1.15 bits per heavy atom. The number of phenolic OH excluding ortho intramolecular Hbond substituents is 1. The van der Waals surface area contributed by atoms with E-state index in [1.54, 1.807) is 12.1 Å². The zero-order valence-corrected chi connectivity index (χ0v) is 27.3. The molecule has 0 spiro atoms. The van der Waals surface area contributed by atoms with Gasteiger partial charge in [0.25, 0.3) is 0 Å². The minimum atomic E-state index is -4.49. The zero-order valence-electron chi connectivity index (χ0n) is 24.2. The number of aromatic hydroxyl groups is 1. The molecule has 252 valence electrons. The Kier molecular flexibility index (Phi) is 14.2. The fourth-order valence-corrected chi connectivity index (χ4v) is 4.26. The summed E-state index contributed by atoms with van der Waals surface area (Å²) in [5.74, 6) is -2.06. The van der Waals surface area contributed by atoms with Gasteiger partial charge >= 0.3 is 12.4 Å². The minimum absolute atomic E-state index is 0.0633. The van der Waals surface area contributed by atoms with Crippen molar-refractivity contribution in [3.63, 3.8) is 0 Å². The van der Waals surface area contributed by atoms with Crippen LogP contribution in [0, 0.1) is 11.6 Å². The molecule has 4 nitrogen and oxygen atoms in total. The zero-order chi connectivity index (χ0) is 35.7. The molecule has 0 aliphatic carbocycles. The van der Waals surface area contributed by atoms with Crippen molar-refractivity contribution in [3.8, 4) is 11.5 Å².